The molecule has 6 heteroatoms. The van der Waals surface area contributed by atoms with Crippen LogP contribution in [0.15, 0.2) is 28.1 Å². The molecule has 0 bridgehead atoms. The second kappa shape index (κ2) is 5.84. The highest BCUT2D eigenvalue weighted by Gasteiger charge is 2.18. The lowest BCUT2D eigenvalue weighted by Gasteiger charge is -2.14. The first kappa shape index (κ1) is 15.5. The molecule has 1 aromatic heterocycles. The summed E-state index contributed by atoms with van der Waals surface area (Å²) in [6, 6.07) is 5.08. The number of nitrogens with zero attached hydrogens (tertiary/aromatic N) is 1. The second-order valence-electron chi connectivity index (χ2n) is 5.40. The number of amides is 1. The summed E-state index contributed by atoms with van der Waals surface area (Å²) in [6.07, 6.45) is 0. The fourth-order valence-electron chi connectivity index (χ4n) is 1.53. The predicted molar refractivity (Wildman–Crippen MR) is 87.9 cm³/mol. The zero-order valence-corrected chi connectivity index (χ0v) is 14.5. The summed E-state index contributed by atoms with van der Waals surface area (Å²) in [7, 11) is 0. The molecule has 2 aromatic rings. The molecule has 0 atom stereocenters. The molecule has 3 nitrogen and oxygen atoms in total. The van der Waals surface area contributed by atoms with E-state index in [0.29, 0.717) is 15.7 Å². The first-order valence-electron chi connectivity index (χ1n) is 5.99. The fraction of sp³-hybridized carbons (Fsp3) is 0.286. The predicted octanol–water partition coefficient (Wildman–Crippen LogP) is 5.11. The van der Waals surface area contributed by atoms with E-state index in [0.717, 1.165) is 10.2 Å². The standard InChI is InChI=1S/C14H14BrClN2OS/c1-14(2,3)11-7-20-13(17-11)18-12(19)8-4-9(15)6-10(16)5-8/h4-7H,1-3H3,(H,17,18,19). The molecule has 0 spiro atoms. The van der Waals surface area contributed by atoms with E-state index in [9.17, 15) is 4.79 Å². The van der Waals surface area contributed by atoms with Gasteiger partial charge in [-0.05, 0) is 18.2 Å². The van der Waals surface area contributed by atoms with Crippen molar-refractivity contribution in [3.05, 3.63) is 44.3 Å². The van der Waals surface area contributed by atoms with Crippen molar-refractivity contribution in [2.24, 2.45) is 0 Å². The van der Waals surface area contributed by atoms with Gasteiger partial charge in [-0.15, -0.1) is 11.3 Å². The Labute approximate surface area is 135 Å². The maximum atomic E-state index is 12.2. The Balaban J connectivity index is 2.17. The van der Waals surface area contributed by atoms with Gasteiger partial charge >= 0.3 is 0 Å². The number of carbonyl (C=O) groups excluding carboxylic acids is 1. The van der Waals surface area contributed by atoms with Crippen LogP contribution in [0.4, 0.5) is 5.13 Å². The smallest absolute Gasteiger partial charge is 0.257 e. The molecular formula is C14H14BrClN2OS. The normalized spacial score (nSPS) is 11.4. The van der Waals surface area contributed by atoms with Crippen LogP contribution >= 0.6 is 38.9 Å². The third kappa shape index (κ3) is 3.81. The van der Waals surface area contributed by atoms with Crippen molar-refractivity contribution >= 4 is 49.9 Å². The molecule has 0 aliphatic heterocycles. The largest absolute Gasteiger partial charge is 0.298 e. The van der Waals surface area contributed by atoms with Crippen LogP contribution in [0, 0.1) is 0 Å². The number of anilines is 1. The van der Waals surface area contributed by atoms with Gasteiger partial charge in [-0.25, -0.2) is 4.98 Å². The molecule has 0 aliphatic carbocycles. The van der Waals surface area contributed by atoms with Gasteiger partial charge in [0, 0.05) is 25.9 Å². The molecule has 0 radical (unpaired) electrons. The average molecular weight is 374 g/mol. The van der Waals surface area contributed by atoms with E-state index < -0.39 is 0 Å². The van der Waals surface area contributed by atoms with E-state index >= 15 is 0 Å². The van der Waals surface area contributed by atoms with E-state index in [1.165, 1.54) is 11.3 Å². The van der Waals surface area contributed by atoms with E-state index in [1.807, 2.05) is 5.38 Å². The highest BCUT2D eigenvalue weighted by atomic mass is 79.9. The number of hydrogen-bond donors (Lipinski definition) is 1. The molecule has 0 saturated carbocycles. The average Bonchev–Trinajstić information content (AvgIpc) is 2.75. The summed E-state index contributed by atoms with van der Waals surface area (Å²) >= 11 is 10.7. The molecule has 1 heterocycles. The number of hydrogen-bond acceptors (Lipinski definition) is 3. The van der Waals surface area contributed by atoms with Crippen LogP contribution in [0.3, 0.4) is 0 Å². The van der Waals surface area contributed by atoms with Crippen LogP contribution in [0.2, 0.25) is 5.02 Å². The summed E-state index contributed by atoms with van der Waals surface area (Å²) in [4.78, 5) is 16.6. The molecule has 0 fully saturated rings. The fourth-order valence-corrected chi connectivity index (χ4v) is 3.32. The van der Waals surface area contributed by atoms with Crippen LogP contribution in [-0.4, -0.2) is 10.9 Å². The third-order valence-electron chi connectivity index (χ3n) is 2.62. The molecule has 1 N–H and O–H groups in total. The highest BCUT2D eigenvalue weighted by molar-refractivity contribution is 9.10. The Morgan fingerprint density at radius 1 is 1.35 bits per heavy atom. The zero-order chi connectivity index (χ0) is 14.9. The van der Waals surface area contributed by atoms with Crippen molar-refractivity contribution in [2.45, 2.75) is 26.2 Å². The van der Waals surface area contributed by atoms with Crippen LogP contribution in [0.5, 0.6) is 0 Å². The van der Waals surface area contributed by atoms with Crippen molar-refractivity contribution in [3.63, 3.8) is 0 Å². The summed E-state index contributed by atoms with van der Waals surface area (Å²) in [5, 5.41) is 5.86. The van der Waals surface area contributed by atoms with Crippen molar-refractivity contribution in [2.75, 3.05) is 5.32 Å². The van der Waals surface area contributed by atoms with Gasteiger partial charge in [-0.3, -0.25) is 10.1 Å². The Kier molecular flexibility index (Phi) is 4.52. The lowest BCUT2D eigenvalue weighted by atomic mass is 9.93. The quantitative estimate of drug-likeness (QED) is 0.795. The van der Waals surface area contributed by atoms with E-state index in [4.69, 9.17) is 11.6 Å². The van der Waals surface area contributed by atoms with Crippen LogP contribution in [-0.2, 0) is 5.41 Å². The Morgan fingerprint density at radius 2 is 2.05 bits per heavy atom. The Bertz CT molecular complexity index is 629. The van der Waals surface area contributed by atoms with Crippen LogP contribution in [0.25, 0.3) is 0 Å². The molecule has 1 aromatic carbocycles. The lowest BCUT2D eigenvalue weighted by Crippen LogP contribution is -2.14. The SMILES string of the molecule is CC(C)(C)c1csc(NC(=O)c2cc(Cl)cc(Br)c2)n1. The molecule has 106 valence electrons. The number of rotatable bonds is 2. The molecule has 0 saturated heterocycles. The van der Waals surface area contributed by atoms with Crippen LogP contribution in [0.1, 0.15) is 36.8 Å². The van der Waals surface area contributed by atoms with Gasteiger partial charge in [0.25, 0.3) is 5.91 Å². The Morgan fingerprint density at radius 3 is 2.60 bits per heavy atom. The minimum atomic E-state index is -0.219. The van der Waals surface area contributed by atoms with Gasteiger partial charge in [0.05, 0.1) is 5.69 Å². The number of benzene rings is 1. The van der Waals surface area contributed by atoms with Crippen LogP contribution < -0.4 is 5.32 Å². The summed E-state index contributed by atoms with van der Waals surface area (Å²) in [5.41, 5.74) is 1.43. The Hall–Kier alpha value is -0.910. The van der Waals surface area contributed by atoms with Gasteiger partial charge in [-0.2, -0.15) is 0 Å². The topological polar surface area (TPSA) is 42.0 Å². The van der Waals surface area contributed by atoms with Gasteiger partial charge in [0.1, 0.15) is 0 Å². The number of thiazole rings is 1. The molecule has 0 aliphatic rings. The minimum Gasteiger partial charge on any atom is -0.298 e. The maximum absolute atomic E-state index is 12.2. The molecule has 1 amide bonds. The van der Waals surface area contributed by atoms with E-state index in [2.05, 4.69) is 47.0 Å². The minimum absolute atomic E-state index is 0.0292. The van der Waals surface area contributed by atoms with Gasteiger partial charge < -0.3 is 0 Å². The first-order chi connectivity index (χ1) is 9.25. The molecule has 0 unspecified atom stereocenters. The number of halogens is 2. The van der Waals surface area contributed by atoms with Crippen molar-refractivity contribution in [3.8, 4) is 0 Å². The van der Waals surface area contributed by atoms with E-state index in [-0.39, 0.29) is 11.3 Å². The summed E-state index contributed by atoms with van der Waals surface area (Å²) in [6.45, 7) is 6.26. The monoisotopic (exact) mass is 372 g/mol. The molecule has 2 rings (SSSR count). The van der Waals surface area contributed by atoms with Crippen molar-refractivity contribution in [1.29, 1.82) is 0 Å². The number of nitrogens with one attached hydrogen (secondary N) is 1. The zero-order valence-electron chi connectivity index (χ0n) is 11.3. The molecule has 20 heavy (non-hydrogen) atoms. The maximum Gasteiger partial charge on any atom is 0.257 e. The summed E-state index contributed by atoms with van der Waals surface area (Å²) in [5.74, 6) is -0.219. The highest BCUT2D eigenvalue weighted by Crippen LogP contribution is 2.27. The van der Waals surface area contributed by atoms with Gasteiger partial charge in [0.2, 0.25) is 0 Å². The summed E-state index contributed by atoms with van der Waals surface area (Å²) < 4.78 is 0.768. The first-order valence-corrected chi connectivity index (χ1v) is 8.04. The third-order valence-corrected chi connectivity index (χ3v) is 4.05. The van der Waals surface area contributed by atoms with Gasteiger partial charge in [0.15, 0.2) is 5.13 Å². The van der Waals surface area contributed by atoms with Crippen molar-refractivity contribution < 1.29 is 4.79 Å². The van der Waals surface area contributed by atoms with Gasteiger partial charge in [-0.1, -0.05) is 48.3 Å². The van der Waals surface area contributed by atoms with E-state index in [1.54, 1.807) is 18.2 Å². The second-order valence-corrected chi connectivity index (χ2v) is 7.61. The number of carbonyl (C=O) groups is 1. The lowest BCUT2D eigenvalue weighted by molar-refractivity contribution is 0.102. The van der Waals surface area contributed by atoms with Crippen molar-refractivity contribution in [1.82, 2.24) is 4.98 Å². The number of aromatic nitrogens is 1. The molecular weight excluding hydrogens is 360 g/mol.